The van der Waals surface area contributed by atoms with Gasteiger partial charge < -0.3 is 9.47 Å². The third kappa shape index (κ3) is 4.73. The molecule has 0 radical (unpaired) electrons. The van der Waals surface area contributed by atoms with Gasteiger partial charge >= 0.3 is 0 Å². The summed E-state index contributed by atoms with van der Waals surface area (Å²) in [5.74, 6) is 0.731. The molecule has 5 rings (SSSR count). The van der Waals surface area contributed by atoms with E-state index in [0.29, 0.717) is 33.9 Å². The number of nitrogens with one attached hydrogen (secondary N) is 1. The number of thioether (sulfide) groups is 1. The van der Waals surface area contributed by atoms with Crippen molar-refractivity contribution in [2.45, 2.75) is 6.61 Å². The van der Waals surface area contributed by atoms with E-state index in [1.54, 1.807) is 30.2 Å². The summed E-state index contributed by atoms with van der Waals surface area (Å²) in [4.78, 5) is 18.7. The molecule has 3 aromatic carbocycles. The average molecular weight is 502 g/mol. The van der Waals surface area contributed by atoms with Crippen molar-refractivity contribution >= 4 is 52.0 Å². The molecule has 0 fully saturated rings. The molecule has 0 aromatic heterocycles. The summed E-state index contributed by atoms with van der Waals surface area (Å²) in [5, 5.41) is 11.9. The summed E-state index contributed by atoms with van der Waals surface area (Å²) in [6.07, 6.45) is 1.65. The van der Waals surface area contributed by atoms with Gasteiger partial charge in [0.05, 0.1) is 18.4 Å². The number of nitrogens with zero attached hydrogens (tertiary/aromatic N) is 2. The summed E-state index contributed by atoms with van der Waals surface area (Å²) < 4.78 is 11.4. The van der Waals surface area contributed by atoms with E-state index < -0.39 is 5.91 Å². The highest BCUT2D eigenvalue weighted by Gasteiger charge is 2.36. The van der Waals surface area contributed by atoms with Crippen molar-refractivity contribution in [3.63, 3.8) is 0 Å². The molecule has 174 valence electrons. The van der Waals surface area contributed by atoms with Gasteiger partial charge in [-0.05, 0) is 47.0 Å². The molecule has 35 heavy (non-hydrogen) atoms. The molecule has 0 saturated carbocycles. The molecule has 0 bridgehead atoms. The van der Waals surface area contributed by atoms with Crippen LogP contribution in [0.1, 0.15) is 16.7 Å². The number of amides is 1. The number of halogens is 1. The van der Waals surface area contributed by atoms with Crippen LogP contribution in [0.4, 0.5) is 0 Å². The molecule has 2 aliphatic rings. The first-order valence-corrected chi connectivity index (χ1v) is 12.0. The molecular weight excluding hydrogens is 482 g/mol. The predicted octanol–water partition coefficient (Wildman–Crippen LogP) is 6.23. The second-order valence-corrected chi connectivity index (χ2v) is 9.03. The van der Waals surface area contributed by atoms with Gasteiger partial charge in [-0.2, -0.15) is 4.99 Å². The van der Waals surface area contributed by atoms with Crippen molar-refractivity contribution in [3.8, 4) is 11.5 Å². The molecule has 0 aliphatic carbocycles. The third-order valence-corrected chi connectivity index (χ3v) is 6.57. The molecule has 0 saturated heterocycles. The number of methoxy groups -OCH3 is 1. The Balaban J connectivity index is 1.39. The Kier molecular flexibility index (Phi) is 6.44. The number of hydrogen-bond donors (Lipinski definition) is 1. The van der Waals surface area contributed by atoms with Crippen LogP contribution in [0.3, 0.4) is 0 Å². The van der Waals surface area contributed by atoms with E-state index in [4.69, 9.17) is 26.5 Å². The topological polar surface area (TPSA) is 75.0 Å². The van der Waals surface area contributed by atoms with Crippen LogP contribution >= 0.6 is 23.4 Å². The molecule has 8 heteroatoms. The zero-order valence-electron chi connectivity index (χ0n) is 18.7. The number of fused-ring (bicyclic) bond motifs is 1. The van der Waals surface area contributed by atoms with Crippen molar-refractivity contribution in [2.24, 2.45) is 4.99 Å². The number of ether oxygens (including phenoxy) is 2. The van der Waals surface area contributed by atoms with E-state index >= 15 is 0 Å². The van der Waals surface area contributed by atoms with E-state index in [1.165, 1.54) is 11.8 Å². The molecule has 2 aliphatic heterocycles. The van der Waals surface area contributed by atoms with Gasteiger partial charge in [-0.15, -0.1) is 0 Å². The minimum atomic E-state index is -0.446. The quantitative estimate of drug-likeness (QED) is 0.405. The van der Waals surface area contributed by atoms with Crippen molar-refractivity contribution in [2.75, 3.05) is 7.11 Å². The lowest BCUT2D eigenvalue weighted by atomic mass is 10.1. The molecule has 3 aromatic rings. The van der Waals surface area contributed by atoms with Crippen molar-refractivity contribution in [3.05, 3.63) is 105 Å². The number of amidine groups is 2. The van der Waals surface area contributed by atoms with Gasteiger partial charge in [0.15, 0.2) is 16.7 Å². The Morgan fingerprint density at radius 2 is 1.83 bits per heavy atom. The van der Waals surface area contributed by atoms with Crippen LogP contribution in [0.5, 0.6) is 11.5 Å². The van der Waals surface area contributed by atoms with Gasteiger partial charge in [-0.1, -0.05) is 71.9 Å². The Labute approximate surface area is 212 Å². The predicted molar refractivity (Wildman–Crippen MR) is 141 cm³/mol. The minimum Gasteiger partial charge on any atom is -0.493 e. The van der Waals surface area contributed by atoms with Crippen LogP contribution in [-0.4, -0.2) is 28.9 Å². The van der Waals surface area contributed by atoms with Crippen molar-refractivity contribution < 1.29 is 14.3 Å². The molecular formula is C27H20ClN3O3S. The van der Waals surface area contributed by atoms with Gasteiger partial charge in [0.1, 0.15) is 12.4 Å². The standard InChI is InChI=1S/C27H20ClN3O3S/c1-33-24-14-18(9-12-23(24)34-15-17-7-10-20(28)11-8-17)13-21-25(29)31-22(19-5-3-2-4-6-19)16-35-27(31)30-26(21)32/h2-14,16,29H,15H2,1H3/b21-13+,29-25?. The van der Waals surface area contributed by atoms with E-state index in [1.807, 2.05) is 66.1 Å². The van der Waals surface area contributed by atoms with Gasteiger partial charge in [0.25, 0.3) is 5.91 Å². The zero-order chi connectivity index (χ0) is 24.4. The smallest absolute Gasteiger partial charge is 0.283 e. The van der Waals surface area contributed by atoms with Crippen LogP contribution in [0.25, 0.3) is 11.8 Å². The monoisotopic (exact) mass is 501 g/mol. The molecule has 0 unspecified atom stereocenters. The second-order valence-electron chi connectivity index (χ2n) is 7.75. The largest absolute Gasteiger partial charge is 0.493 e. The van der Waals surface area contributed by atoms with Gasteiger partial charge in [0, 0.05) is 10.4 Å². The van der Waals surface area contributed by atoms with Gasteiger partial charge in [0.2, 0.25) is 0 Å². The maximum absolute atomic E-state index is 12.8. The third-order valence-electron chi connectivity index (χ3n) is 5.49. The molecule has 0 atom stereocenters. The van der Waals surface area contributed by atoms with Crippen molar-refractivity contribution in [1.29, 1.82) is 5.41 Å². The first kappa shape index (κ1) is 23.0. The maximum atomic E-state index is 12.8. The van der Waals surface area contributed by atoms with E-state index in [2.05, 4.69) is 4.99 Å². The number of benzene rings is 3. The highest BCUT2D eigenvalue weighted by atomic mass is 35.5. The van der Waals surface area contributed by atoms with Crippen LogP contribution in [0, 0.1) is 5.41 Å². The lowest BCUT2D eigenvalue weighted by Crippen LogP contribution is -2.38. The number of carbonyl (C=O) groups is 1. The maximum Gasteiger partial charge on any atom is 0.283 e. The Bertz CT molecular complexity index is 1400. The first-order chi connectivity index (χ1) is 17.0. The summed E-state index contributed by atoms with van der Waals surface area (Å²) in [6.45, 7) is 0.357. The fourth-order valence-corrected chi connectivity index (χ4v) is 4.73. The zero-order valence-corrected chi connectivity index (χ0v) is 20.3. The van der Waals surface area contributed by atoms with Crippen LogP contribution in [0.2, 0.25) is 5.02 Å². The van der Waals surface area contributed by atoms with E-state index in [0.717, 1.165) is 16.8 Å². The summed E-state index contributed by atoms with van der Waals surface area (Å²) in [6, 6.07) is 22.6. The lowest BCUT2D eigenvalue weighted by Gasteiger charge is -2.27. The number of carbonyl (C=O) groups excluding carboxylic acids is 1. The number of hydrogen-bond acceptors (Lipinski definition) is 5. The fraction of sp³-hybridized carbons (Fsp3) is 0.0741. The normalized spacial score (nSPS) is 16.2. The summed E-state index contributed by atoms with van der Waals surface area (Å²) in [7, 11) is 1.56. The second kappa shape index (κ2) is 9.82. The number of aliphatic imine (C=N–C) groups is 1. The molecule has 0 spiro atoms. The van der Waals surface area contributed by atoms with E-state index in [-0.39, 0.29) is 11.4 Å². The Hall–Kier alpha value is -3.81. The molecule has 2 heterocycles. The van der Waals surface area contributed by atoms with Crippen LogP contribution in [-0.2, 0) is 11.4 Å². The summed E-state index contributed by atoms with van der Waals surface area (Å²) in [5.41, 5.74) is 3.65. The highest BCUT2D eigenvalue weighted by molar-refractivity contribution is 8.17. The molecule has 6 nitrogen and oxygen atoms in total. The van der Waals surface area contributed by atoms with Gasteiger partial charge in [-0.3, -0.25) is 15.1 Å². The van der Waals surface area contributed by atoms with E-state index in [9.17, 15) is 4.79 Å². The lowest BCUT2D eigenvalue weighted by molar-refractivity contribution is -0.114. The minimum absolute atomic E-state index is 0.0853. The highest BCUT2D eigenvalue weighted by Crippen LogP contribution is 2.37. The fourth-order valence-electron chi connectivity index (χ4n) is 3.72. The Morgan fingerprint density at radius 3 is 2.57 bits per heavy atom. The SMILES string of the molecule is COc1cc(/C=C2\C(=N)N3C(c4ccccc4)=CSC3=NC2=O)ccc1OCc1ccc(Cl)cc1. The number of rotatable bonds is 6. The summed E-state index contributed by atoms with van der Waals surface area (Å²) >= 11 is 7.28. The first-order valence-electron chi connectivity index (χ1n) is 10.7. The average Bonchev–Trinajstić information content (AvgIpc) is 3.31. The van der Waals surface area contributed by atoms with Gasteiger partial charge in [-0.25, -0.2) is 0 Å². The molecule has 1 amide bonds. The van der Waals surface area contributed by atoms with Crippen molar-refractivity contribution in [1.82, 2.24) is 4.90 Å². The Morgan fingerprint density at radius 1 is 1.06 bits per heavy atom. The molecule has 1 N–H and O–H groups in total. The van der Waals surface area contributed by atoms with Crippen LogP contribution < -0.4 is 9.47 Å². The van der Waals surface area contributed by atoms with Crippen LogP contribution in [0.15, 0.2) is 88.8 Å².